The van der Waals surface area contributed by atoms with Crippen molar-refractivity contribution < 1.29 is 8.78 Å². The lowest BCUT2D eigenvalue weighted by Crippen LogP contribution is -2.05. The molecule has 110 valence electrons. The summed E-state index contributed by atoms with van der Waals surface area (Å²) in [4.78, 5) is 4.19. The third kappa shape index (κ3) is 2.37. The molecule has 1 N–H and O–H groups in total. The van der Waals surface area contributed by atoms with Crippen LogP contribution in [0.3, 0.4) is 0 Å². The second-order valence-corrected chi connectivity index (χ2v) is 5.45. The van der Waals surface area contributed by atoms with Crippen molar-refractivity contribution >= 4 is 29.2 Å². The zero-order chi connectivity index (χ0) is 15.9. The van der Waals surface area contributed by atoms with Crippen LogP contribution in [-0.4, -0.2) is 10.7 Å². The summed E-state index contributed by atoms with van der Waals surface area (Å²) in [5, 5.41) is 8.85. The van der Waals surface area contributed by atoms with Gasteiger partial charge in [0.25, 0.3) is 0 Å². The van der Waals surface area contributed by atoms with Crippen LogP contribution in [-0.2, 0) is 0 Å². The molecule has 3 aromatic rings. The molecule has 0 bridgehead atoms. The van der Waals surface area contributed by atoms with Gasteiger partial charge in [0.15, 0.2) is 0 Å². The van der Waals surface area contributed by atoms with Gasteiger partial charge in [-0.1, -0.05) is 24.3 Å². The van der Waals surface area contributed by atoms with Crippen LogP contribution in [0.25, 0.3) is 10.9 Å². The Bertz CT molecular complexity index is 907. The van der Waals surface area contributed by atoms with Gasteiger partial charge in [-0.2, -0.15) is 0 Å². The summed E-state index contributed by atoms with van der Waals surface area (Å²) in [6, 6.07) is 9.56. The quantitative estimate of drug-likeness (QED) is 0.529. The lowest BCUT2D eigenvalue weighted by Gasteiger charge is -2.10. The van der Waals surface area contributed by atoms with Gasteiger partial charge in [0, 0.05) is 27.6 Å². The molecule has 22 heavy (non-hydrogen) atoms. The van der Waals surface area contributed by atoms with Crippen molar-refractivity contribution in [3.63, 3.8) is 0 Å². The van der Waals surface area contributed by atoms with Gasteiger partial charge in [-0.05, 0) is 24.6 Å². The van der Waals surface area contributed by atoms with Crippen LogP contribution in [0.1, 0.15) is 16.7 Å². The first-order valence-corrected chi connectivity index (χ1v) is 7.05. The molecule has 2 nitrogen and oxygen atoms in total. The van der Waals surface area contributed by atoms with Crippen LogP contribution in [0.15, 0.2) is 47.5 Å². The second kappa shape index (κ2) is 5.50. The molecule has 5 heteroatoms. The van der Waals surface area contributed by atoms with E-state index in [2.05, 4.69) is 17.6 Å². The Labute approximate surface area is 131 Å². The molecule has 0 aliphatic carbocycles. The summed E-state index contributed by atoms with van der Waals surface area (Å²) < 4.78 is 27.6. The van der Waals surface area contributed by atoms with Crippen LogP contribution in [0.5, 0.6) is 0 Å². The number of halogens is 2. The number of nitrogens with one attached hydrogen (secondary N) is 1. The van der Waals surface area contributed by atoms with E-state index in [0.717, 1.165) is 0 Å². The number of aromatic nitrogens is 1. The molecule has 0 spiro atoms. The molecule has 0 aliphatic rings. The highest BCUT2D eigenvalue weighted by atomic mass is 32.1. The predicted molar refractivity (Wildman–Crippen MR) is 86.0 cm³/mol. The normalized spacial score (nSPS) is 10.9. The Hall–Kier alpha value is -2.27. The monoisotopic (exact) mass is 314 g/mol. The average Bonchev–Trinajstić information content (AvgIpc) is 2.52. The maximum Gasteiger partial charge on any atom is 0.149 e. The minimum atomic E-state index is -0.439. The average molecular weight is 314 g/mol. The molecule has 0 aliphatic heterocycles. The Morgan fingerprint density at radius 2 is 1.95 bits per heavy atom. The van der Waals surface area contributed by atoms with Gasteiger partial charge in [-0.25, -0.2) is 8.78 Å². The predicted octanol–water partition coefficient (Wildman–Crippen LogP) is 4.53. The highest BCUT2D eigenvalue weighted by molar-refractivity contribution is 7.80. The summed E-state index contributed by atoms with van der Waals surface area (Å²) in [5.41, 5.74) is 1.68. The number of aryl methyl sites for hydroxylation is 1. The number of fused-ring (bicyclic) bond motifs is 1. The number of pyridine rings is 1. The Morgan fingerprint density at radius 1 is 1.18 bits per heavy atom. The van der Waals surface area contributed by atoms with Crippen LogP contribution in [0, 0.1) is 24.0 Å². The molecule has 0 amide bonds. The molecule has 0 atom stereocenters. The summed E-state index contributed by atoms with van der Waals surface area (Å²) >= 11 is 4.16. The molecule has 0 unspecified atom stereocenters. The van der Waals surface area contributed by atoms with Crippen LogP contribution in [0.4, 0.5) is 8.78 Å². The van der Waals surface area contributed by atoms with E-state index in [1.807, 2.05) is 0 Å². The number of hydrogen-bond donors (Lipinski definition) is 2. The van der Waals surface area contributed by atoms with Crippen molar-refractivity contribution in [3.05, 3.63) is 70.9 Å². The molecule has 0 saturated carbocycles. The van der Waals surface area contributed by atoms with E-state index in [1.54, 1.807) is 37.3 Å². The fourth-order valence-electron chi connectivity index (χ4n) is 2.28. The van der Waals surface area contributed by atoms with Crippen molar-refractivity contribution in [2.24, 2.45) is 0 Å². The van der Waals surface area contributed by atoms with Gasteiger partial charge < -0.3 is 0 Å². The third-order valence-corrected chi connectivity index (χ3v) is 3.97. The van der Waals surface area contributed by atoms with Crippen molar-refractivity contribution in [2.45, 2.75) is 11.8 Å². The van der Waals surface area contributed by atoms with Gasteiger partial charge >= 0.3 is 0 Å². The number of hydrogen-bond acceptors (Lipinski definition) is 3. The number of para-hydroxylation sites is 1. The molecular formula is C17H12F2N2S. The summed E-state index contributed by atoms with van der Waals surface area (Å²) in [6.45, 7) is 1.64. The van der Waals surface area contributed by atoms with Gasteiger partial charge in [0.05, 0.1) is 5.71 Å². The van der Waals surface area contributed by atoms with E-state index in [0.29, 0.717) is 22.1 Å². The highest BCUT2D eigenvalue weighted by Gasteiger charge is 2.14. The van der Waals surface area contributed by atoms with Crippen molar-refractivity contribution in [3.8, 4) is 0 Å². The topological polar surface area (TPSA) is 36.7 Å². The highest BCUT2D eigenvalue weighted by Crippen LogP contribution is 2.25. The largest absolute Gasteiger partial charge is 0.300 e. The summed E-state index contributed by atoms with van der Waals surface area (Å²) in [6.07, 6.45) is 1.42. The van der Waals surface area contributed by atoms with Crippen LogP contribution < -0.4 is 0 Å². The maximum atomic E-state index is 13.9. The molecule has 2 aromatic carbocycles. The van der Waals surface area contributed by atoms with Crippen molar-refractivity contribution in [1.29, 1.82) is 5.41 Å². The Morgan fingerprint density at radius 3 is 2.73 bits per heavy atom. The standard InChI is InChI=1S/C17H12F2N2S/c1-9-5-6-12(17(22)14(9)19)15(20)11-7-10-3-2-4-13(18)16(10)21-8-11/h2-8,20,22H,1H3. The van der Waals surface area contributed by atoms with E-state index >= 15 is 0 Å². The van der Waals surface area contributed by atoms with E-state index in [-0.39, 0.29) is 16.1 Å². The molecular weight excluding hydrogens is 302 g/mol. The van der Waals surface area contributed by atoms with Gasteiger partial charge in [-0.3, -0.25) is 10.4 Å². The number of benzene rings is 2. The summed E-state index contributed by atoms with van der Waals surface area (Å²) in [5.74, 6) is -0.850. The molecule has 0 saturated heterocycles. The fraction of sp³-hybridized carbons (Fsp3) is 0.0588. The molecule has 1 heterocycles. The second-order valence-electron chi connectivity index (χ2n) is 5.00. The van der Waals surface area contributed by atoms with Gasteiger partial charge in [0.1, 0.15) is 17.2 Å². The zero-order valence-corrected chi connectivity index (χ0v) is 12.6. The first-order valence-electron chi connectivity index (χ1n) is 6.60. The Kier molecular flexibility index (Phi) is 3.66. The van der Waals surface area contributed by atoms with E-state index in [9.17, 15) is 8.78 Å². The molecule has 1 aromatic heterocycles. The third-order valence-electron chi connectivity index (χ3n) is 3.53. The van der Waals surface area contributed by atoms with Crippen molar-refractivity contribution in [2.75, 3.05) is 0 Å². The lowest BCUT2D eigenvalue weighted by atomic mass is 10.0. The number of thiol groups is 1. The Balaban J connectivity index is 2.12. The van der Waals surface area contributed by atoms with E-state index < -0.39 is 11.6 Å². The van der Waals surface area contributed by atoms with Gasteiger partial charge in [-0.15, -0.1) is 12.6 Å². The smallest absolute Gasteiger partial charge is 0.149 e. The van der Waals surface area contributed by atoms with Crippen LogP contribution in [0.2, 0.25) is 0 Å². The summed E-state index contributed by atoms with van der Waals surface area (Å²) in [7, 11) is 0. The van der Waals surface area contributed by atoms with Crippen molar-refractivity contribution in [1.82, 2.24) is 4.98 Å². The fourth-order valence-corrected chi connectivity index (χ4v) is 2.65. The maximum absolute atomic E-state index is 13.9. The number of nitrogens with zero attached hydrogens (tertiary/aromatic N) is 1. The van der Waals surface area contributed by atoms with E-state index in [1.165, 1.54) is 12.3 Å². The zero-order valence-electron chi connectivity index (χ0n) is 11.7. The SMILES string of the molecule is Cc1ccc(C(=N)c2cnc3c(F)cccc3c2)c(S)c1F. The first kappa shape index (κ1) is 14.7. The minimum Gasteiger partial charge on any atom is -0.300 e. The van der Waals surface area contributed by atoms with Crippen LogP contribution >= 0.6 is 12.6 Å². The minimum absolute atomic E-state index is 0.0996. The number of rotatable bonds is 2. The molecule has 3 rings (SSSR count). The van der Waals surface area contributed by atoms with E-state index in [4.69, 9.17) is 5.41 Å². The van der Waals surface area contributed by atoms with Gasteiger partial charge in [0.2, 0.25) is 0 Å². The molecule has 0 fully saturated rings. The first-order chi connectivity index (χ1) is 10.5. The lowest BCUT2D eigenvalue weighted by molar-refractivity contribution is 0.592. The molecule has 0 radical (unpaired) electrons.